The molecule has 0 unspecified atom stereocenters. The first kappa shape index (κ1) is 15.1. The van der Waals surface area contributed by atoms with Crippen molar-refractivity contribution in [3.8, 4) is 0 Å². The van der Waals surface area contributed by atoms with Crippen molar-refractivity contribution < 1.29 is 4.79 Å². The summed E-state index contributed by atoms with van der Waals surface area (Å²) in [5.41, 5.74) is 1.89. The van der Waals surface area contributed by atoms with E-state index in [0.29, 0.717) is 6.42 Å². The molecule has 1 amide bonds. The fourth-order valence-corrected chi connectivity index (χ4v) is 2.72. The fraction of sp³-hybridized carbons (Fsp3) is 0.643. The summed E-state index contributed by atoms with van der Waals surface area (Å²) in [5, 5.41) is 0. The highest BCUT2D eigenvalue weighted by Gasteiger charge is 2.22. The Morgan fingerprint density at radius 1 is 1.30 bits per heavy atom. The lowest BCUT2D eigenvalue weighted by molar-refractivity contribution is -0.131. The molecule has 0 aromatic carbocycles. The Bertz CT molecular complexity index is 472. The molecule has 0 saturated carbocycles. The van der Waals surface area contributed by atoms with Crippen molar-refractivity contribution in [3.63, 3.8) is 0 Å². The number of amides is 1. The monoisotopic (exact) mass is 294 g/mol. The van der Waals surface area contributed by atoms with Gasteiger partial charge in [-0.15, -0.1) is 0 Å². The molecule has 1 aromatic rings. The second-order valence-corrected chi connectivity index (χ2v) is 6.02. The van der Waals surface area contributed by atoms with Crippen LogP contribution in [0.3, 0.4) is 0 Å². The third-order valence-electron chi connectivity index (χ3n) is 3.50. The average Bonchev–Trinajstić information content (AvgIpc) is 2.47. The molecule has 1 saturated heterocycles. The van der Waals surface area contributed by atoms with Gasteiger partial charge in [0.2, 0.25) is 5.91 Å². The van der Waals surface area contributed by atoms with Gasteiger partial charge in [0.25, 0.3) is 0 Å². The van der Waals surface area contributed by atoms with Crippen LogP contribution in [0.4, 0.5) is 5.82 Å². The van der Waals surface area contributed by atoms with Crippen LogP contribution in [0.15, 0.2) is 6.20 Å². The van der Waals surface area contributed by atoms with Gasteiger partial charge in [0.15, 0.2) is 0 Å². The molecule has 1 aliphatic heterocycles. The molecule has 0 N–H and O–H groups in total. The van der Waals surface area contributed by atoms with Gasteiger partial charge >= 0.3 is 0 Å². The van der Waals surface area contributed by atoms with E-state index in [4.69, 9.17) is 0 Å². The van der Waals surface area contributed by atoms with Crippen molar-refractivity contribution in [3.05, 3.63) is 17.6 Å². The Morgan fingerprint density at radius 3 is 2.65 bits per heavy atom. The van der Waals surface area contributed by atoms with Gasteiger partial charge in [0.1, 0.15) is 5.82 Å². The van der Waals surface area contributed by atoms with E-state index < -0.39 is 0 Å². The van der Waals surface area contributed by atoms with E-state index in [1.165, 1.54) is 0 Å². The minimum Gasteiger partial charge on any atom is -0.352 e. The number of anilines is 1. The van der Waals surface area contributed by atoms with Crippen molar-refractivity contribution >= 4 is 23.5 Å². The Balaban J connectivity index is 1.94. The average molecular weight is 294 g/mol. The maximum absolute atomic E-state index is 12.0. The summed E-state index contributed by atoms with van der Waals surface area (Å²) in [7, 11) is 0. The van der Waals surface area contributed by atoms with Gasteiger partial charge in [-0.05, 0) is 20.1 Å². The van der Waals surface area contributed by atoms with E-state index in [-0.39, 0.29) is 5.91 Å². The van der Waals surface area contributed by atoms with E-state index in [9.17, 15) is 4.79 Å². The number of thioether (sulfide) groups is 1. The summed E-state index contributed by atoms with van der Waals surface area (Å²) in [6, 6.07) is 0. The van der Waals surface area contributed by atoms with E-state index in [0.717, 1.165) is 49.1 Å². The Hall–Kier alpha value is -1.30. The summed E-state index contributed by atoms with van der Waals surface area (Å²) < 4.78 is 0. The molecule has 110 valence electrons. The molecule has 0 atom stereocenters. The molecule has 1 fully saturated rings. The maximum atomic E-state index is 12.0. The number of aromatic nitrogens is 2. The topological polar surface area (TPSA) is 49.3 Å². The van der Waals surface area contributed by atoms with Gasteiger partial charge < -0.3 is 9.80 Å². The predicted molar refractivity (Wildman–Crippen MR) is 83.3 cm³/mol. The highest BCUT2D eigenvalue weighted by molar-refractivity contribution is 7.98. The molecule has 2 heterocycles. The number of hydrogen-bond acceptors (Lipinski definition) is 5. The number of aryl methyl sites for hydroxylation is 2. The van der Waals surface area contributed by atoms with Crippen LogP contribution in [0.1, 0.15) is 17.8 Å². The van der Waals surface area contributed by atoms with Crippen LogP contribution in [-0.2, 0) is 4.79 Å². The molecular weight excluding hydrogens is 272 g/mol. The normalized spacial score (nSPS) is 15.6. The van der Waals surface area contributed by atoms with Gasteiger partial charge in [-0.1, -0.05) is 0 Å². The number of carbonyl (C=O) groups is 1. The first-order chi connectivity index (χ1) is 9.61. The van der Waals surface area contributed by atoms with E-state index in [2.05, 4.69) is 14.9 Å². The lowest BCUT2D eigenvalue weighted by Crippen LogP contribution is -2.49. The standard InChI is InChI=1S/C14H22N4OS/c1-11-10-15-12(2)14(16-11)18-7-5-17(6-8-18)13(19)4-9-20-3/h10H,4-9H2,1-3H3. The van der Waals surface area contributed by atoms with E-state index in [1.54, 1.807) is 18.0 Å². The van der Waals surface area contributed by atoms with Crippen LogP contribution in [0, 0.1) is 13.8 Å². The summed E-state index contributed by atoms with van der Waals surface area (Å²) in [4.78, 5) is 25.1. The van der Waals surface area contributed by atoms with Crippen molar-refractivity contribution in [2.24, 2.45) is 0 Å². The Labute approximate surface area is 124 Å². The highest BCUT2D eigenvalue weighted by Crippen LogP contribution is 2.17. The zero-order chi connectivity index (χ0) is 14.5. The van der Waals surface area contributed by atoms with Gasteiger partial charge in [0, 0.05) is 44.5 Å². The van der Waals surface area contributed by atoms with Gasteiger partial charge in [-0.3, -0.25) is 9.78 Å². The van der Waals surface area contributed by atoms with Crippen LogP contribution in [0.2, 0.25) is 0 Å². The van der Waals surface area contributed by atoms with Gasteiger partial charge in [-0.25, -0.2) is 4.98 Å². The van der Waals surface area contributed by atoms with E-state index in [1.807, 2.05) is 25.0 Å². The molecule has 0 radical (unpaired) electrons. The number of hydrogen-bond donors (Lipinski definition) is 0. The zero-order valence-corrected chi connectivity index (χ0v) is 13.2. The Morgan fingerprint density at radius 2 is 2.00 bits per heavy atom. The molecule has 0 aliphatic carbocycles. The van der Waals surface area contributed by atoms with Crippen molar-refractivity contribution in [1.29, 1.82) is 0 Å². The summed E-state index contributed by atoms with van der Waals surface area (Å²) >= 11 is 1.72. The predicted octanol–water partition coefficient (Wildman–Crippen LogP) is 1.50. The second kappa shape index (κ2) is 6.92. The first-order valence-corrected chi connectivity index (χ1v) is 8.33. The van der Waals surface area contributed by atoms with Crippen LogP contribution >= 0.6 is 11.8 Å². The lowest BCUT2D eigenvalue weighted by Gasteiger charge is -2.36. The van der Waals surface area contributed by atoms with Crippen molar-refractivity contribution in [2.45, 2.75) is 20.3 Å². The van der Waals surface area contributed by atoms with E-state index >= 15 is 0 Å². The molecular formula is C14H22N4OS. The van der Waals surface area contributed by atoms with Gasteiger partial charge in [0.05, 0.1) is 11.4 Å². The Kier molecular flexibility index (Phi) is 5.23. The highest BCUT2D eigenvalue weighted by atomic mass is 32.2. The van der Waals surface area contributed by atoms with Crippen LogP contribution in [0.25, 0.3) is 0 Å². The summed E-state index contributed by atoms with van der Waals surface area (Å²) in [5.74, 6) is 2.13. The number of carbonyl (C=O) groups excluding carboxylic acids is 1. The SMILES string of the molecule is CSCCC(=O)N1CCN(c2nc(C)cnc2C)CC1. The summed E-state index contributed by atoms with van der Waals surface area (Å²) in [6.07, 6.45) is 4.47. The largest absolute Gasteiger partial charge is 0.352 e. The lowest BCUT2D eigenvalue weighted by atomic mass is 10.2. The fourth-order valence-electron chi connectivity index (χ4n) is 2.34. The minimum absolute atomic E-state index is 0.269. The zero-order valence-electron chi connectivity index (χ0n) is 12.4. The number of rotatable bonds is 4. The molecule has 20 heavy (non-hydrogen) atoms. The molecule has 0 bridgehead atoms. The first-order valence-electron chi connectivity index (χ1n) is 6.93. The molecule has 2 rings (SSSR count). The molecule has 5 nitrogen and oxygen atoms in total. The quantitative estimate of drug-likeness (QED) is 0.842. The molecule has 6 heteroatoms. The third kappa shape index (κ3) is 3.62. The van der Waals surface area contributed by atoms with Crippen LogP contribution < -0.4 is 4.90 Å². The van der Waals surface area contributed by atoms with Crippen LogP contribution in [-0.4, -0.2) is 59.0 Å². The second-order valence-electron chi connectivity index (χ2n) is 5.03. The maximum Gasteiger partial charge on any atom is 0.223 e. The molecule has 1 aromatic heterocycles. The minimum atomic E-state index is 0.269. The van der Waals surface area contributed by atoms with Crippen molar-refractivity contribution in [2.75, 3.05) is 43.1 Å². The number of nitrogens with zero attached hydrogens (tertiary/aromatic N) is 4. The van der Waals surface area contributed by atoms with Gasteiger partial charge in [-0.2, -0.15) is 11.8 Å². The molecule has 0 spiro atoms. The third-order valence-corrected chi connectivity index (χ3v) is 4.12. The smallest absolute Gasteiger partial charge is 0.223 e. The van der Waals surface area contributed by atoms with Crippen molar-refractivity contribution in [1.82, 2.24) is 14.9 Å². The molecule has 1 aliphatic rings. The summed E-state index contributed by atoms with van der Waals surface area (Å²) in [6.45, 7) is 7.18. The number of piperazine rings is 1. The van der Waals surface area contributed by atoms with Crippen LogP contribution in [0.5, 0.6) is 0 Å².